The van der Waals surface area contributed by atoms with Gasteiger partial charge in [-0.15, -0.1) is 0 Å². The number of fused-ring (bicyclic) bond motifs is 2. The minimum absolute atomic E-state index is 0.00270. The number of benzene rings is 2. The van der Waals surface area contributed by atoms with Crippen molar-refractivity contribution in [1.82, 2.24) is 19.7 Å². The van der Waals surface area contributed by atoms with Gasteiger partial charge in [0.25, 0.3) is 0 Å². The maximum atomic E-state index is 12.7. The first-order chi connectivity index (χ1) is 13.2. The van der Waals surface area contributed by atoms with E-state index in [1.807, 2.05) is 70.0 Å². The fourth-order valence-corrected chi connectivity index (χ4v) is 3.35. The zero-order valence-corrected chi connectivity index (χ0v) is 14.8. The fraction of sp³-hybridized carbons (Fsp3) is 0.190. The summed E-state index contributed by atoms with van der Waals surface area (Å²) in [4.78, 5) is 25.2. The van der Waals surface area contributed by atoms with Crippen LogP contribution in [0.5, 0.6) is 0 Å². The Morgan fingerprint density at radius 2 is 1.63 bits per heavy atom. The Kier molecular flexibility index (Phi) is 4.70. The highest BCUT2D eigenvalue weighted by Crippen LogP contribution is 2.18. The summed E-state index contributed by atoms with van der Waals surface area (Å²) in [5.41, 5.74) is 1.54. The molecule has 27 heavy (non-hydrogen) atoms. The van der Waals surface area contributed by atoms with Crippen LogP contribution in [0.25, 0.3) is 21.8 Å². The number of aryl methyl sites for hydroxylation is 1. The Morgan fingerprint density at radius 1 is 0.963 bits per heavy atom. The molecule has 2 aromatic heterocycles. The third-order valence-corrected chi connectivity index (χ3v) is 4.63. The van der Waals surface area contributed by atoms with Gasteiger partial charge in [-0.3, -0.25) is 14.3 Å². The number of rotatable bonds is 6. The van der Waals surface area contributed by atoms with Crippen LogP contribution in [0, 0.1) is 0 Å². The molecule has 6 heteroatoms. The first kappa shape index (κ1) is 17.0. The second-order valence-electron chi connectivity index (χ2n) is 6.42. The number of hydrogen-bond acceptors (Lipinski definition) is 3. The minimum atomic E-state index is -0.0746. The van der Waals surface area contributed by atoms with Crippen LogP contribution < -0.4 is 10.7 Å². The van der Waals surface area contributed by atoms with Gasteiger partial charge >= 0.3 is 0 Å². The van der Waals surface area contributed by atoms with Crippen molar-refractivity contribution in [2.45, 2.75) is 19.5 Å². The predicted molar refractivity (Wildman–Crippen MR) is 106 cm³/mol. The molecule has 0 saturated heterocycles. The second kappa shape index (κ2) is 7.45. The van der Waals surface area contributed by atoms with Gasteiger partial charge < -0.3 is 9.88 Å². The van der Waals surface area contributed by atoms with E-state index in [2.05, 4.69) is 10.4 Å². The molecule has 2 heterocycles. The van der Waals surface area contributed by atoms with Crippen molar-refractivity contribution in [1.29, 1.82) is 0 Å². The van der Waals surface area contributed by atoms with Crippen LogP contribution in [0.3, 0.4) is 0 Å². The van der Waals surface area contributed by atoms with Gasteiger partial charge in [0, 0.05) is 36.3 Å². The Balaban J connectivity index is 1.56. The number of nitrogens with zero attached hydrogens (tertiary/aromatic N) is 3. The lowest BCUT2D eigenvalue weighted by molar-refractivity contribution is -0.121. The zero-order chi connectivity index (χ0) is 18.6. The number of aromatic nitrogens is 3. The smallest absolute Gasteiger partial charge is 0.239 e. The molecule has 0 aliphatic rings. The summed E-state index contributed by atoms with van der Waals surface area (Å²) < 4.78 is 3.75. The predicted octanol–water partition coefficient (Wildman–Crippen LogP) is 2.56. The van der Waals surface area contributed by atoms with Crippen LogP contribution in [0.2, 0.25) is 0 Å². The normalized spacial score (nSPS) is 11.1. The topological polar surface area (TPSA) is 68.9 Å². The fourth-order valence-electron chi connectivity index (χ4n) is 3.35. The first-order valence-electron chi connectivity index (χ1n) is 8.98. The number of carbonyl (C=O) groups is 1. The summed E-state index contributed by atoms with van der Waals surface area (Å²) in [6.45, 7) is 1.51. The van der Waals surface area contributed by atoms with Gasteiger partial charge in [-0.2, -0.15) is 5.10 Å². The standard InChI is InChI=1S/C21H20N4O2/c26-20(22-11-5-13-24-14-6-12-23-24)15-25-18-9-3-1-7-16(18)21(27)17-8-2-4-10-19(17)25/h1-4,6-10,12,14H,5,11,13,15H2,(H,22,26). The molecule has 0 aliphatic carbocycles. The maximum absolute atomic E-state index is 12.7. The molecule has 0 bridgehead atoms. The van der Waals surface area contributed by atoms with Crippen LogP contribution in [-0.4, -0.2) is 26.8 Å². The average molecular weight is 360 g/mol. The van der Waals surface area contributed by atoms with Crippen molar-refractivity contribution in [2.75, 3.05) is 6.54 Å². The summed E-state index contributed by atoms with van der Waals surface area (Å²) in [6, 6.07) is 16.7. The molecule has 4 rings (SSSR count). The molecule has 0 unspecified atom stereocenters. The summed E-state index contributed by atoms with van der Waals surface area (Å²) in [7, 11) is 0. The lowest BCUT2D eigenvalue weighted by Gasteiger charge is -2.15. The number of hydrogen-bond donors (Lipinski definition) is 1. The monoisotopic (exact) mass is 360 g/mol. The highest BCUT2D eigenvalue weighted by atomic mass is 16.2. The van der Waals surface area contributed by atoms with E-state index < -0.39 is 0 Å². The third kappa shape index (κ3) is 3.46. The van der Waals surface area contributed by atoms with Crippen LogP contribution in [0.1, 0.15) is 6.42 Å². The molecule has 2 aromatic carbocycles. The Morgan fingerprint density at radius 3 is 2.26 bits per heavy atom. The van der Waals surface area contributed by atoms with Gasteiger partial charge in [-0.05, 0) is 36.8 Å². The lowest BCUT2D eigenvalue weighted by atomic mass is 10.1. The van der Waals surface area contributed by atoms with Gasteiger partial charge in [0.1, 0.15) is 6.54 Å². The highest BCUT2D eigenvalue weighted by molar-refractivity contribution is 5.94. The molecule has 0 atom stereocenters. The van der Waals surface area contributed by atoms with Gasteiger partial charge in [-0.25, -0.2) is 0 Å². The number of pyridine rings is 1. The van der Waals surface area contributed by atoms with E-state index in [-0.39, 0.29) is 17.9 Å². The van der Waals surface area contributed by atoms with E-state index in [0.29, 0.717) is 17.3 Å². The van der Waals surface area contributed by atoms with E-state index in [9.17, 15) is 9.59 Å². The SMILES string of the molecule is O=C(Cn1c2ccccc2c(=O)c2ccccc21)NCCCn1cccn1. The van der Waals surface area contributed by atoms with E-state index in [1.54, 1.807) is 6.20 Å². The van der Waals surface area contributed by atoms with Gasteiger partial charge in [0.2, 0.25) is 5.91 Å². The van der Waals surface area contributed by atoms with Crippen molar-refractivity contribution in [3.8, 4) is 0 Å². The number of nitrogens with one attached hydrogen (secondary N) is 1. The highest BCUT2D eigenvalue weighted by Gasteiger charge is 2.12. The van der Waals surface area contributed by atoms with Gasteiger partial charge in [-0.1, -0.05) is 24.3 Å². The quantitative estimate of drug-likeness (QED) is 0.424. The summed E-state index contributed by atoms with van der Waals surface area (Å²) in [5, 5.41) is 8.36. The van der Waals surface area contributed by atoms with E-state index in [0.717, 1.165) is 24.0 Å². The number of amides is 1. The second-order valence-corrected chi connectivity index (χ2v) is 6.42. The average Bonchev–Trinajstić information content (AvgIpc) is 3.22. The van der Waals surface area contributed by atoms with Crippen LogP contribution in [0.4, 0.5) is 0 Å². The van der Waals surface area contributed by atoms with Gasteiger partial charge in [0.15, 0.2) is 5.43 Å². The molecular formula is C21H20N4O2. The molecule has 0 spiro atoms. The molecule has 1 N–H and O–H groups in total. The Labute approximate surface area is 156 Å². The number of para-hydroxylation sites is 2. The van der Waals surface area contributed by atoms with Crippen molar-refractivity contribution in [3.05, 3.63) is 77.2 Å². The maximum Gasteiger partial charge on any atom is 0.239 e. The van der Waals surface area contributed by atoms with Crippen molar-refractivity contribution in [2.24, 2.45) is 0 Å². The molecule has 0 fully saturated rings. The van der Waals surface area contributed by atoms with Crippen molar-refractivity contribution >= 4 is 27.7 Å². The van der Waals surface area contributed by atoms with Crippen LogP contribution >= 0.6 is 0 Å². The summed E-state index contributed by atoms with van der Waals surface area (Å²) in [6.07, 6.45) is 4.45. The summed E-state index contributed by atoms with van der Waals surface area (Å²) >= 11 is 0. The molecule has 0 saturated carbocycles. The zero-order valence-electron chi connectivity index (χ0n) is 14.8. The van der Waals surface area contributed by atoms with Crippen LogP contribution in [0.15, 0.2) is 71.8 Å². The molecule has 136 valence electrons. The Hall–Kier alpha value is -3.41. The molecule has 0 radical (unpaired) electrons. The molecule has 0 aliphatic heterocycles. The van der Waals surface area contributed by atoms with Crippen molar-refractivity contribution < 1.29 is 4.79 Å². The molecule has 6 nitrogen and oxygen atoms in total. The molecule has 1 amide bonds. The van der Waals surface area contributed by atoms with Crippen LogP contribution in [-0.2, 0) is 17.9 Å². The van der Waals surface area contributed by atoms with Crippen molar-refractivity contribution in [3.63, 3.8) is 0 Å². The van der Waals surface area contributed by atoms with E-state index in [4.69, 9.17) is 0 Å². The lowest BCUT2D eigenvalue weighted by Crippen LogP contribution is -2.29. The number of carbonyl (C=O) groups excluding carboxylic acids is 1. The van der Waals surface area contributed by atoms with E-state index in [1.165, 1.54) is 0 Å². The molecule has 4 aromatic rings. The van der Waals surface area contributed by atoms with E-state index >= 15 is 0 Å². The minimum Gasteiger partial charge on any atom is -0.354 e. The third-order valence-electron chi connectivity index (χ3n) is 4.63. The van der Waals surface area contributed by atoms with Gasteiger partial charge in [0.05, 0.1) is 11.0 Å². The largest absolute Gasteiger partial charge is 0.354 e. The Bertz CT molecular complexity index is 1090. The molecular weight excluding hydrogens is 340 g/mol. The summed E-state index contributed by atoms with van der Waals surface area (Å²) in [5.74, 6) is -0.0746. The first-order valence-corrected chi connectivity index (χ1v) is 8.98.